The number of rotatable bonds is 7. The molecule has 34 heavy (non-hydrogen) atoms. The van der Waals surface area contributed by atoms with Crippen molar-refractivity contribution in [3.8, 4) is 16.9 Å². The Morgan fingerprint density at radius 1 is 1.26 bits per heavy atom. The zero-order valence-electron chi connectivity index (χ0n) is 18.5. The summed E-state index contributed by atoms with van der Waals surface area (Å²) >= 11 is 12.3. The summed E-state index contributed by atoms with van der Waals surface area (Å²) in [6.45, 7) is 2.95. The summed E-state index contributed by atoms with van der Waals surface area (Å²) in [5.41, 5.74) is 8.44. The molecule has 6 nitrogen and oxygen atoms in total. The van der Waals surface area contributed by atoms with E-state index in [1.807, 2.05) is 12.1 Å². The van der Waals surface area contributed by atoms with E-state index >= 15 is 0 Å². The Bertz CT molecular complexity index is 1180. The fourth-order valence-corrected chi connectivity index (χ4v) is 4.48. The van der Waals surface area contributed by atoms with Gasteiger partial charge in [0.1, 0.15) is 11.9 Å². The van der Waals surface area contributed by atoms with Crippen molar-refractivity contribution in [1.82, 2.24) is 10.3 Å². The first-order chi connectivity index (χ1) is 16.3. The Kier molecular flexibility index (Phi) is 7.56. The van der Waals surface area contributed by atoms with Crippen LogP contribution in [0.4, 0.5) is 10.2 Å². The molecule has 1 fully saturated rings. The average Bonchev–Trinajstić information content (AvgIpc) is 3.35. The van der Waals surface area contributed by atoms with Crippen LogP contribution in [0.2, 0.25) is 10.0 Å². The minimum atomic E-state index is -0.676. The second kappa shape index (κ2) is 10.6. The zero-order valence-corrected chi connectivity index (χ0v) is 20.0. The molecular formula is C25H24Cl2FN3O3. The van der Waals surface area contributed by atoms with Crippen molar-refractivity contribution in [2.24, 2.45) is 0 Å². The van der Waals surface area contributed by atoms with Gasteiger partial charge in [0.05, 0.1) is 11.1 Å². The van der Waals surface area contributed by atoms with Crippen LogP contribution in [0.3, 0.4) is 0 Å². The van der Waals surface area contributed by atoms with Crippen molar-refractivity contribution in [3.63, 3.8) is 0 Å². The van der Waals surface area contributed by atoms with Gasteiger partial charge in [-0.25, -0.2) is 9.37 Å². The molecule has 178 valence electrons. The van der Waals surface area contributed by atoms with Crippen molar-refractivity contribution < 1.29 is 18.7 Å². The van der Waals surface area contributed by atoms with E-state index < -0.39 is 11.9 Å². The molecule has 9 heteroatoms. The van der Waals surface area contributed by atoms with Crippen molar-refractivity contribution >= 4 is 34.9 Å². The summed E-state index contributed by atoms with van der Waals surface area (Å²) in [4.78, 5) is 16.6. The number of aromatic nitrogens is 1. The minimum absolute atomic E-state index is 0.0852. The van der Waals surface area contributed by atoms with Gasteiger partial charge in [0.2, 0.25) is 0 Å². The predicted molar refractivity (Wildman–Crippen MR) is 131 cm³/mol. The molecule has 0 aliphatic carbocycles. The number of halogens is 3. The maximum absolute atomic E-state index is 13.9. The molecule has 2 aromatic carbocycles. The third kappa shape index (κ3) is 5.43. The molecule has 0 bridgehead atoms. The molecule has 4 rings (SSSR count). The largest absolute Gasteiger partial charge is 0.482 e. The van der Waals surface area contributed by atoms with Crippen molar-refractivity contribution in [2.75, 3.05) is 18.9 Å². The number of carbonyl (C=O) groups excluding carboxylic acids is 1. The number of nitrogen functional groups attached to an aromatic ring is 1. The summed E-state index contributed by atoms with van der Waals surface area (Å²) in [7, 11) is 0. The number of benzene rings is 2. The first-order valence-electron chi connectivity index (χ1n) is 10.9. The Morgan fingerprint density at radius 2 is 2.03 bits per heavy atom. The lowest BCUT2D eigenvalue weighted by molar-refractivity contribution is 0.0858. The van der Waals surface area contributed by atoms with Gasteiger partial charge in [0.15, 0.2) is 11.6 Å². The molecular weight excluding hydrogens is 480 g/mol. The number of pyridine rings is 1. The van der Waals surface area contributed by atoms with Gasteiger partial charge in [-0.1, -0.05) is 35.3 Å². The average molecular weight is 504 g/mol. The van der Waals surface area contributed by atoms with Crippen molar-refractivity contribution in [2.45, 2.75) is 32.0 Å². The normalized spacial score (nSPS) is 16.3. The maximum Gasteiger partial charge on any atom is 0.251 e. The Morgan fingerprint density at radius 3 is 2.74 bits per heavy atom. The molecule has 1 aliphatic heterocycles. The Balaban J connectivity index is 1.48. The van der Waals surface area contributed by atoms with Crippen LogP contribution in [0.15, 0.2) is 48.7 Å². The van der Waals surface area contributed by atoms with Gasteiger partial charge in [-0.2, -0.15) is 0 Å². The molecule has 1 saturated heterocycles. The molecule has 2 atom stereocenters. The van der Waals surface area contributed by atoms with E-state index in [0.717, 1.165) is 30.6 Å². The number of amides is 1. The lowest BCUT2D eigenvalue weighted by Gasteiger charge is -2.19. The lowest BCUT2D eigenvalue weighted by Crippen LogP contribution is -2.31. The molecule has 0 spiro atoms. The van der Waals surface area contributed by atoms with E-state index in [1.165, 1.54) is 12.1 Å². The summed E-state index contributed by atoms with van der Waals surface area (Å²) in [6, 6.07) is 11.5. The second-order valence-corrected chi connectivity index (χ2v) is 8.83. The third-order valence-corrected chi connectivity index (χ3v) is 6.38. The van der Waals surface area contributed by atoms with E-state index in [9.17, 15) is 9.18 Å². The smallest absolute Gasteiger partial charge is 0.251 e. The Hall–Kier alpha value is -2.87. The molecule has 0 unspecified atom stereocenters. The molecule has 3 N–H and O–H groups in total. The van der Waals surface area contributed by atoms with Crippen LogP contribution >= 0.6 is 23.2 Å². The highest BCUT2D eigenvalue weighted by molar-refractivity contribution is 6.36. The topological polar surface area (TPSA) is 86.5 Å². The van der Waals surface area contributed by atoms with Crippen LogP contribution in [0, 0.1) is 5.82 Å². The standard InChI is InChI=1S/C25H24Cl2FN3O3/c1-14(22-19(26)8-9-20(28)23(22)27)34-21-11-17(12-30-24(21)29)15-4-6-16(7-5-15)25(32)31-13-18-3-2-10-33-18/h4-9,11-12,14,18H,2-3,10,13H2,1H3,(H2,29,30)(H,31,32)/t14-,18+/m0/s1. The van der Waals surface area contributed by atoms with Gasteiger partial charge in [0.25, 0.3) is 5.91 Å². The third-order valence-electron chi connectivity index (χ3n) is 5.67. The maximum atomic E-state index is 13.9. The Labute approximate surface area is 207 Å². The van der Waals surface area contributed by atoms with Crippen LogP contribution in [0.5, 0.6) is 5.75 Å². The highest BCUT2D eigenvalue weighted by atomic mass is 35.5. The fraction of sp³-hybridized carbons (Fsp3) is 0.280. The van der Waals surface area contributed by atoms with E-state index in [4.69, 9.17) is 38.4 Å². The predicted octanol–water partition coefficient (Wildman–Crippen LogP) is 5.83. The number of anilines is 1. The quantitative estimate of drug-likeness (QED) is 0.396. The van der Waals surface area contributed by atoms with Crippen LogP contribution in [-0.2, 0) is 4.74 Å². The molecule has 1 aromatic heterocycles. The van der Waals surface area contributed by atoms with E-state index in [-0.39, 0.29) is 27.9 Å². The van der Waals surface area contributed by atoms with E-state index in [1.54, 1.807) is 31.3 Å². The van der Waals surface area contributed by atoms with Crippen molar-refractivity contribution in [3.05, 3.63) is 75.7 Å². The van der Waals surface area contributed by atoms with Crippen LogP contribution in [0.1, 0.15) is 41.8 Å². The van der Waals surface area contributed by atoms with E-state index in [2.05, 4.69) is 10.3 Å². The highest BCUT2D eigenvalue weighted by Gasteiger charge is 2.20. The summed E-state index contributed by atoms with van der Waals surface area (Å²) in [5.74, 6) is -0.264. The number of hydrogen-bond acceptors (Lipinski definition) is 5. The first kappa shape index (κ1) is 24.3. The number of nitrogens with zero attached hydrogens (tertiary/aromatic N) is 1. The van der Waals surface area contributed by atoms with Gasteiger partial charge >= 0.3 is 0 Å². The minimum Gasteiger partial charge on any atom is -0.482 e. The molecule has 3 aromatic rings. The fourth-order valence-electron chi connectivity index (χ4n) is 3.80. The van der Waals surface area contributed by atoms with Gasteiger partial charge in [-0.3, -0.25) is 4.79 Å². The molecule has 0 radical (unpaired) electrons. The van der Waals surface area contributed by atoms with Gasteiger partial charge in [-0.05, 0) is 55.7 Å². The number of hydrogen-bond donors (Lipinski definition) is 2. The van der Waals surface area contributed by atoms with Gasteiger partial charge in [-0.15, -0.1) is 0 Å². The zero-order chi connectivity index (χ0) is 24.2. The number of nitrogens with one attached hydrogen (secondary N) is 1. The van der Waals surface area contributed by atoms with Crippen LogP contribution in [0.25, 0.3) is 11.1 Å². The van der Waals surface area contributed by atoms with Crippen LogP contribution < -0.4 is 15.8 Å². The monoisotopic (exact) mass is 503 g/mol. The highest BCUT2D eigenvalue weighted by Crippen LogP contribution is 2.37. The van der Waals surface area contributed by atoms with Crippen LogP contribution in [-0.4, -0.2) is 30.1 Å². The lowest BCUT2D eigenvalue weighted by atomic mass is 10.0. The SMILES string of the molecule is C[C@H](Oc1cc(-c2ccc(C(=O)NC[C@H]3CCCO3)cc2)cnc1N)c1c(Cl)ccc(F)c1Cl. The van der Waals surface area contributed by atoms with E-state index in [0.29, 0.717) is 23.4 Å². The second-order valence-electron chi connectivity index (χ2n) is 8.05. The number of ether oxygens (including phenoxy) is 2. The summed E-state index contributed by atoms with van der Waals surface area (Å²) in [5, 5.41) is 3.09. The number of nitrogens with two attached hydrogens (primary N) is 1. The molecule has 2 heterocycles. The van der Waals surface area contributed by atoms with Gasteiger partial charge in [0, 0.05) is 41.1 Å². The summed E-state index contributed by atoms with van der Waals surface area (Å²) in [6.07, 6.45) is 3.01. The number of carbonyl (C=O) groups is 1. The van der Waals surface area contributed by atoms with Crippen molar-refractivity contribution in [1.29, 1.82) is 0 Å². The first-order valence-corrected chi connectivity index (χ1v) is 11.6. The molecule has 1 aliphatic rings. The molecule has 1 amide bonds. The molecule has 0 saturated carbocycles. The summed E-state index contributed by atoms with van der Waals surface area (Å²) < 4.78 is 25.4. The van der Waals surface area contributed by atoms with Gasteiger partial charge < -0.3 is 20.5 Å².